The second-order valence-electron chi connectivity index (χ2n) is 4.18. The van der Waals surface area contributed by atoms with Crippen LogP contribution in [0.1, 0.15) is 0 Å². The Labute approximate surface area is 97.7 Å². The normalized spacial score (nSPS) is 11.5. The molecule has 0 N–H and O–H groups in total. The van der Waals surface area contributed by atoms with Crippen molar-refractivity contribution in [3.05, 3.63) is 60.8 Å². The smallest absolute Gasteiger partial charge is 0.379 e. The molecule has 0 bridgehead atoms. The first-order valence-electron chi connectivity index (χ1n) is 5.63. The number of aromatic nitrogens is 1. The van der Waals surface area contributed by atoms with Crippen LogP contribution < -0.4 is 4.40 Å². The molecule has 2 heteroatoms. The molecule has 0 radical (unpaired) electrons. The van der Waals surface area contributed by atoms with Gasteiger partial charge < -0.3 is 4.42 Å². The predicted octanol–water partition coefficient (Wildman–Crippen LogP) is 3.32. The molecule has 0 amide bonds. The predicted molar refractivity (Wildman–Crippen MR) is 66.9 cm³/mol. The number of oxazole rings is 1. The average molecular weight is 220 g/mol. The molecule has 4 aromatic rings. The first-order chi connectivity index (χ1) is 8.42. The van der Waals surface area contributed by atoms with Crippen molar-refractivity contribution in [3.8, 4) is 0 Å². The summed E-state index contributed by atoms with van der Waals surface area (Å²) >= 11 is 0. The van der Waals surface area contributed by atoms with Gasteiger partial charge in [-0.15, -0.1) is 4.40 Å². The highest BCUT2D eigenvalue weighted by atomic mass is 16.3. The summed E-state index contributed by atoms with van der Waals surface area (Å²) in [5.41, 5.74) is 2.91. The molecule has 0 aliphatic rings. The van der Waals surface area contributed by atoms with E-state index in [2.05, 4.69) is 34.7 Å². The molecule has 2 heterocycles. The van der Waals surface area contributed by atoms with Gasteiger partial charge in [0.2, 0.25) is 5.58 Å². The largest absolute Gasteiger partial charge is 0.398 e. The fraction of sp³-hybridized carbons (Fsp3) is 0. The second kappa shape index (κ2) is 3.08. The standard InChI is InChI=1S/C15H10NO/c1-2-6-12-10-14-13(9-11(12)5-1)16-8-4-3-7-15(16)17-14/h1-10H/q+1. The van der Waals surface area contributed by atoms with Crippen molar-refractivity contribution in [1.82, 2.24) is 0 Å². The maximum absolute atomic E-state index is 5.82. The van der Waals surface area contributed by atoms with E-state index >= 15 is 0 Å². The Morgan fingerprint density at radius 1 is 0.824 bits per heavy atom. The fourth-order valence-electron chi connectivity index (χ4n) is 2.30. The van der Waals surface area contributed by atoms with Gasteiger partial charge in [-0.25, -0.2) is 0 Å². The number of pyridine rings is 1. The minimum atomic E-state index is 0.873. The minimum Gasteiger partial charge on any atom is -0.398 e. The Morgan fingerprint density at radius 3 is 2.47 bits per heavy atom. The summed E-state index contributed by atoms with van der Waals surface area (Å²) in [6.45, 7) is 0. The molecule has 0 unspecified atom stereocenters. The lowest BCUT2D eigenvalue weighted by Crippen LogP contribution is -2.17. The van der Waals surface area contributed by atoms with Gasteiger partial charge in [0.1, 0.15) is 0 Å². The number of fused-ring (bicyclic) bond motifs is 4. The van der Waals surface area contributed by atoms with E-state index < -0.39 is 0 Å². The lowest BCUT2D eigenvalue weighted by atomic mass is 10.1. The zero-order valence-electron chi connectivity index (χ0n) is 9.13. The van der Waals surface area contributed by atoms with Crippen LogP contribution in [-0.2, 0) is 0 Å². The molecule has 0 spiro atoms. The Bertz CT molecular complexity index is 839. The van der Waals surface area contributed by atoms with Crippen LogP contribution in [0.4, 0.5) is 0 Å². The summed E-state index contributed by atoms with van der Waals surface area (Å²) in [5, 5.41) is 2.44. The maximum atomic E-state index is 5.82. The third kappa shape index (κ3) is 1.18. The quantitative estimate of drug-likeness (QED) is 0.415. The van der Waals surface area contributed by atoms with Crippen molar-refractivity contribution in [2.24, 2.45) is 0 Å². The van der Waals surface area contributed by atoms with Gasteiger partial charge in [-0.3, -0.25) is 0 Å². The highest BCUT2D eigenvalue weighted by Gasteiger charge is 2.14. The molecule has 2 aromatic heterocycles. The summed E-state index contributed by atoms with van der Waals surface area (Å²) in [6, 6.07) is 18.6. The van der Waals surface area contributed by atoms with E-state index in [0.717, 1.165) is 16.8 Å². The molecule has 0 atom stereocenters. The number of benzene rings is 2. The number of hydrogen-bond donors (Lipinski definition) is 0. The minimum absolute atomic E-state index is 0.873. The third-order valence-corrected chi connectivity index (χ3v) is 3.12. The van der Waals surface area contributed by atoms with E-state index in [-0.39, 0.29) is 0 Å². The molecule has 0 saturated heterocycles. The summed E-state index contributed by atoms with van der Waals surface area (Å²) in [5.74, 6) is 0. The van der Waals surface area contributed by atoms with Crippen LogP contribution in [0.3, 0.4) is 0 Å². The summed E-state index contributed by atoms with van der Waals surface area (Å²) in [7, 11) is 0. The van der Waals surface area contributed by atoms with Crippen molar-refractivity contribution in [1.29, 1.82) is 0 Å². The number of rotatable bonds is 0. The van der Waals surface area contributed by atoms with E-state index in [0.29, 0.717) is 0 Å². The van der Waals surface area contributed by atoms with Gasteiger partial charge in [0.05, 0.1) is 6.07 Å². The first kappa shape index (κ1) is 8.76. The summed E-state index contributed by atoms with van der Waals surface area (Å²) in [6.07, 6.45) is 2.02. The molecule has 17 heavy (non-hydrogen) atoms. The molecule has 0 aliphatic carbocycles. The zero-order valence-corrected chi connectivity index (χ0v) is 9.13. The van der Waals surface area contributed by atoms with Crippen molar-refractivity contribution >= 4 is 27.6 Å². The zero-order chi connectivity index (χ0) is 11.2. The van der Waals surface area contributed by atoms with E-state index in [1.54, 1.807) is 0 Å². The molecule has 0 aliphatic heterocycles. The van der Waals surface area contributed by atoms with E-state index in [4.69, 9.17) is 4.42 Å². The van der Waals surface area contributed by atoms with Gasteiger partial charge in [0, 0.05) is 12.1 Å². The Morgan fingerprint density at radius 2 is 1.59 bits per heavy atom. The van der Waals surface area contributed by atoms with E-state index in [1.807, 2.05) is 30.5 Å². The van der Waals surface area contributed by atoms with Crippen molar-refractivity contribution < 1.29 is 8.82 Å². The monoisotopic (exact) mass is 220 g/mol. The van der Waals surface area contributed by atoms with E-state index in [1.165, 1.54) is 10.8 Å². The lowest BCUT2D eigenvalue weighted by molar-refractivity contribution is -0.485. The van der Waals surface area contributed by atoms with Crippen molar-refractivity contribution in [3.63, 3.8) is 0 Å². The summed E-state index contributed by atoms with van der Waals surface area (Å²) in [4.78, 5) is 0. The Hall–Kier alpha value is -2.35. The summed E-state index contributed by atoms with van der Waals surface area (Å²) < 4.78 is 7.89. The molecule has 0 saturated carbocycles. The molecular formula is C15H10NO+. The second-order valence-corrected chi connectivity index (χ2v) is 4.18. The van der Waals surface area contributed by atoms with Gasteiger partial charge >= 0.3 is 5.71 Å². The van der Waals surface area contributed by atoms with Crippen molar-refractivity contribution in [2.45, 2.75) is 0 Å². The lowest BCUT2D eigenvalue weighted by Gasteiger charge is -1.93. The molecular weight excluding hydrogens is 210 g/mol. The number of hydrogen-bond acceptors (Lipinski definition) is 1. The third-order valence-electron chi connectivity index (χ3n) is 3.12. The topological polar surface area (TPSA) is 17.2 Å². The fourth-order valence-corrected chi connectivity index (χ4v) is 2.30. The number of nitrogens with zero attached hydrogens (tertiary/aromatic N) is 1. The van der Waals surface area contributed by atoms with Crippen LogP contribution in [0.15, 0.2) is 65.2 Å². The maximum Gasteiger partial charge on any atom is 0.379 e. The van der Waals surface area contributed by atoms with Crippen LogP contribution in [0.25, 0.3) is 27.6 Å². The van der Waals surface area contributed by atoms with E-state index in [9.17, 15) is 0 Å². The van der Waals surface area contributed by atoms with Gasteiger partial charge in [0.15, 0.2) is 6.20 Å². The molecule has 2 aromatic carbocycles. The van der Waals surface area contributed by atoms with Crippen molar-refractivity contribution in [2.75, 3.05) is 0 Å². The van der Waals surface area contributed by atoms with Crippen LogP contribution in [0, 0.1) is 0 Å². The highest BCUT2D eigenvalue weighted by Crippen LogP contribution is 2.22. The Balaban J connectivity index is 2.28. The van der Waals surface area contributed by atoms with Gasteiger partial charge in [0.25, 0.3) is 5.52 Å². The van der Waals surface area contributed by atoms with Gasteiger partial charge in [-0.05, 0) is 22.9 Å². The van der Waals surface area contributed by atoms with Crippen LogP contribution in [0.5, 0.6) is 0 Å². The molecule has 0 fully saturated rings. The highest BCUT2D eigenvalue weighted by molar-refractivity contribution is 5.93. The SMILES string of the molecule is c1ccc2cc3c(cc2c1)oc1cccc[n+]13. The van der Waals surface area contributed by atoms with Crippen LogP contribution >= 0.6 is 0 Å². The van der Waals surface area contributed by atoms with Gasteiger partial charge in [-0.2, -0.15) is 0 Å². The molecule has 2 nitrogen and oxygen atoms in total. The average Bonchev–Trinajstić information content (AvgIpc) is 2.73. The van der Waals surface area contributed by atoms with Gasteiger partial charge in [-0.1, -0.05) is 24.3 Å². The molecule has 4 rings (SSSR count). The Kier molecular flexibility index (Phi) is 1.59. The van der Waals surface area contributed by atoms with Crippen LogP contribution in [0.2, 0.25) is 0 Å². The molecule has 80 valence electrons. The first-order valence-corrected chi connectivity index (χ1v) is 5.63. The van der Waals surface area contributed by atoms with Crippen LogP contribution in [-0.4, -0.2) is 0 Å².